The Morgan fingerprint density at radius 3 is 2.48 bits per heavy atom. The van der Waals surface area contributed by atoms with E-state index in [0.717, 1.165) is 0 Å². The van der Waals surface area contributed by atoms with Gasteiger partial charge in [0.25, 0.3) is 0 Å². The summed E-state index contributed by atoms with van der Waals surface area (Å²) in [4.78, 5) is 12.0. The minimum absolute atomic E-state index is 0.266. The van der Waals surface area contributed by atoms with Crippen molar-refractivity contribution in [3.8, 4) is 11.5 Å². The molecule has 0 spiro atoms. The second-order valence-corrected chi connectivity index (χ2v) is 5.25. The molecule has 0 saturated carbocycles. The minimum atomic E-state index is -0.358. The molecule has 2 N–H and O–H groups in total. The molecule has 2 rings (SSSR count). The molecule has 0 unspecified atom stereocenters. The summed E-state index contributed by atoms with van der Waals surface area (Å²) in [7, 11) is 0. The summed E-state index contributed by atoms with van der Waals surface area (Å²) in [5.41, 5.74) is 1.16. The van der Waals surface area contributed by atoms with Gasteiger partial charge in [-0.1, -0.05) is 18.2 Å². The molecule has 0 radical (unpaired) electrons. The number of nitrogens with one attached hydrogen (secondary N) is 2. The molecule has 0 aliphatic carbocycles. The molecule has 0 fully saturated rings. The van der Waals surface area contributed by atoms with Crippen LogP contribution in [0.3, 0.4) is 0 Å². The number of halogens is 1. The van der Waals surface area contributed by atoms with Crippen LogP contribution in [0.5, 0.6) is 11.5 Å². The molecule has 2 aromatic carbocycles. The van der Waals surface area contributed by atoms with E-state index in [4.69, 9.17) is 9.47 Å². The lowest BCUT2D eigenvalue weighted by molar-refractivity contribution is 0.252. The maximum absolute atomic E-state index is 13.5. The molecule has 0 heterocycles. The molecule has 6 heteroatoms. The van der Waals surface area contributed by atoms with Crippen LogP contribution in [0.1, 0.15) is 19.4 Å². The molecule has 0 saturated heterocycles. The molecular formula is C19H23FN2O3. The van der Waals surface area contributed by atoms with Gasteiger partial charge in [-0.25, -0.2) is 9.18 Å². The number of carbonyl (C=O) groups excluding carboxylic acids is 1. The number of amides is 2. The molecule has 134 valence electrons. The summed E-state index contributed by atoms with van der Waals surface area (Å²) in [6.07, 6.45) is 0.424. The van der Waals surface area contributed by atoms with Crippen LogP contribution < -0.4 is 20.1 Å². The van der Waals surface area contributed by atoms with Gasteiger partial charge in [-0.3, -0.25) is 0 Å². The number of ether oxygens (including phenoxy) is 2. The van der Waals surface area contributed by atoms with Gasteiger partial charge in [0.2, 0.25) is 0 Å². The van der Waals surface area contributed by atoms with Crippen molar-refractivity contribution in [3.05, 3.63) is 53.8 Å². The van der Waals surface area contributed by atoms with Gasteiger partial charge < -0.3 is 20.1 Å². The fraction of sp³-hybridized carbons (Fsp3) is 0.316. The first-order valence-electron chi connectivity index (χ1n) is 8.32. The number of hydrogen-bond acceptors (Lipinski definition) is 3. The molecule has 0 bridgehead atoms. The highest BCUT2D eigenvalue weighted by Crippen LogP contribution is 2.30. The average Bonchev–Trinajstić information content (AvgIpc) is 2.59. The van der Waals surface area contributed by atoms with E-state index in [1.807, 2.05) is 13.8 Å². The SMILES string of the molecule is CCOc1ccc(NC(=O)NCCc2ccccc2F)cc1OCC. The number of carbonyl (C=O) groups is 1. The Labute approximate surface area is 147 Å². The fourth-order valence-corrected chi connectivity index (χ4v) is 2.32. The predicted molar refractivity (Wildman–Crippen MR) is 95.9 cm³/mol. The van der Waals surface area contributed by atoms with E-state index in [9.17, 15) is 9.18 Å². The van der Waals surface area contributed by atoms with E-state index in [1.54, 1.807) is 36.4 Å². The van der Waals surface area contributed by atoms with Crippen LogP contribution in [0.15, 0.2) is 42.5 Å². The van der Waals surface area contributed by atoms with Gasteiger partial charge >= 0.3 is 6.03 Å². The largest absolute Gasteiger partial charge is 0.490 e. The summed E-state index contributed by atoms with van der Waals surface area (Å²) >= 11 is 0. The first-order chi connectivity index (χ1) is 12.1. The van der Waals surface area contributed by atoms with E-state index < -0.39 is 0 Å². The maximum atomic E-state index is 13.5. The second-order valence-electron chi connectivity index (χ2n) is 5.25. The molecule has 0 aromatic heterocycles. The second kappa shape index (κ2) is 9.52. The Morgan fingerprint density at radius 2 is 1.76 bits per heavy atom. The normalized spacial score (nSPS) is 10.2. The van der Waals surface area contributed by atoms with Crippen molar-refractivity contribution in [3.63, 3.8) is 0 Å². The van der Waals surface area contributed by atoms with E-state index in [-0.39, 0.29) is 11.8 Å². The van der Waals surface area contributed by atoms with Gasteiger partial charge in [-0.15, -0.1) is 0 Å². The zero-order chi connectivity index (χ0) is 18.1. The predicted octanol–water partition coefficient (Wildman–Crippen LogP) is 3.99. The molecule has 0 atom stereocenters. The van der Waals surface area contributed by atoms with Crippen LogP contribution in [0.25, 0.3) is 0 Å². The van der Waals surface area contributed by atoms with E-state index in [0.29, 0.717) is 48.9 Å². The highest BCUT2D eigenvalue weighted by atomic mass is 19.1. The van der Waals surface area contributed by atoms with Crippen molar-refractivity contribution in [2.75, 3.05) is 25.1 Å². The lowest BCUT2D eigenvalue weighted by Gasteiger charge is -2.13. The lowest BCUT2D eigenvalue weighted by Crippen LogP contribution is -2.30. The molecule has 2 aromatic rings. The number of urea groups is 1. The number of hydrogen-bond donors (Lipinski definition) is 2. The van der Waals surface area contributed by atoms with Crippen LogP contribution in [-0.2, 0) is 6.42 Å². The molecule has 25 heavy (non-hydrogen) atoms. The third-order valence-corrected chi connectivity index (χ3v) is 3.44. The lowest BCUT2D eigenvalue weighted by atomic mass is 10.1. The first-order valence-corrected chi connectivity index (χ1v) is 8.32. The standard InChI is InChI=1S/C19H23FN2O3/c1-3-24-17-10-9-15(13-18(17)25-4-2)22-19(23)21-12-11-14-7-5-6-8-16(14)20/h5-10,13H,3-4,11-12H2,1-2H3,(H2,21,22,23). The number of benzene rings is 2. The number of rotatable bonds is 8. The van der Waals surface area contributed by atoms with Gasteiger partial charge in [0, 0.05) is 18.3 Å². The van der Waals surface area contributed by atoms with Crippen molar-refractivity contribution >= 4 is 11.7 Å². The van der Waals surface area contributed by atoms with Gasteiger partial charge in [-0.05, 0) is 44.0 Å². The average molecular weight is 346 g/mol. The van der Waals surface area contributed by atoms with Crippen LogP contribution in [0.4, 0.5) is 14.9 Å². The van der Waals surface area contributed by atoms with Gasteiger partial charge in [-0.2, -0.15) is 0 Å². The van der Waals surface area contributed by atoms with E-state index in [2.05, 4.69) is 10.6 Å². The van der Waals surface area contributed by atoms with Crippen molar-refractivity contribution in [1.29, 1.82) is 0 Å². The van der Waals surface area contributed by atoms with Gasteiger partial charge in [0.05, 0.1) is 13.2 Å². The zero-order valence-corrected chi connectivity index (χ0v) is 14.5. The summed E-state index contributed by atoms with van der Waals surface area (Å²) < 4.78 is 24.5. The monoisotopic (exact) mass is 346 g/mol. The van der Waals surface area contributed by atoms with E-state index in [1.165, 1.54) is 6.07 Å². The Hall–Kier alpha value is -2.76. The van der Waals surface area contributed by atoms with Crippen LogP contribution in [0, 0.1) is 5.82 Å². The Kier molecular flexibility index (Phi) is 7.07. The third-order valence-electron chi connectivity index (χ3n) is 3.44. The van der Waals surface area contributed by atoms with Crippen LogP contribution in [-0.4, -0.2) is 25.8 Å². The Bertz CT molecular complexity index is 707. The minimum Gasteiger partial charge on any atom is -0.490 e. The van der Waals surface area contributed by atoms with Gasteiger partial charge in [0.15, 0.2) is 11.5 Å². The summed E-state index contributed by atoms with van der Waals surface area (Å²) in [6, 6.07) is 11.4. The van der Waals surface area contributed by atoms with Crippen molar-refractivity contribution < 1.29 is 18.7 Å². The highest BCUT2D eigenvalue weighted by molar-refractivity contribution is 5.89. The summed E-state index contributed by atoms with van der Waals surface area (Å²) in [5, 5.41) is 5.44. The summed E-state index contributed by atoms with van der Waals surface area (Å²) in [6.45, 7) is 5.14. The molecule has 2 amide bonds. The van der Waals surface area contributed by atoms with Crippen molar-refractivity contribution in [2.45, 2.75) is 20.3 Å². The topological polar surface area (TPSA) is 59.6 Å². The maximum Gasteiger partial charge on any atom is 0.319 e. The summed E-state index contributed by atoms with van der Waals surface area (Å²) in [5.74, 6) is 0.945. The molecule has 0 aliphatic rings. The van der Waals surface area contributed by atoms with Crippen LogP contribution in [0.2, 0.25) is 0 Å². The molecular weight excluding hydrogens is 323 g/mol. The Balaban J connectivity index is 1.89. The van der Waals surface area contributed by atoms with Crippen molar-refractivity contribution in [1.82, 2.24) is 5.32 Å². The zero-order valence-electron chi connectivity index (χ0n) is 14.5. The molecule has 0 aliphatic heterocycles. The first kappa shape index (κ1) is 18.6. The smallest absolute Gasteiger partial charge is 0.319 e. The number of anilines is 1. The van der Waals surface area contributed by atoms with Crippen LogP contribution >= 0.6 is 0 Å². The molecule has 5 nitrogen and oxygen atoms in total. The van der Waals surface area contributed by atoms with Crippen molar-refractivity contribution in [2.24, 2.45) is 0 Å². The highest BCUT2D eigenvalue weighted by Gasteiger charge is 2.08. The quantitative estimate of drug-likeness (QED) is 0.760. The van der Waals surface area contributed by atoms with E-state index >= 15 is 0 Å². The Morgan fingerprint density at radius 1 is 1.04 bits per heavy atom. The third kappa shape index (κ3) is 5.67. The van der Waals surface area contributed by atoms with Gasteiger partial charge in [0.1, 0.15) is 5.82 Å². The fourth-order valence-electron chi connectivity index (χ4n) is 2.32.